The molecule has 0 bridgehead atoms. The van der Waals surface area contributed by atoms with Gasteiger partial charge in [-0.1, -0.05) is 30.0 Å². The van der Waals surface area contributed by atoms with Crippen molar-refractivity contribution in [1.82, 2.24) is 20.2 Å². The van der Waals surface area contributed by atoms with Crippen LogP contribution in [-0.2, 0) is 4.79 Å². The SMILES string of the molecule is COc1ccc(-c2nnc(SCC(=O)N/N=C\C=C\c3ccco3)n2-c2ccccc2)cc1. The molecule has 2 heterocycles. The summed E-state index contributed by atoms with van der Waals surface area (Å²) in [4.78, 5) is 12.2. The van der Waals surface area contributed by atoms with Gasteiger partial charge in [0.15, 0.2) is 11.0 Å². The molecule has 1 amide bonds. The lowest BCUT2D eigenvalue weighted by atomic mass is 10.2. The van der Waals surface area contributed by atoms with Gasteiger partial charge >= 0.3 is 0 Å². The number of ether oxygens (including phenoxy) is 1. The van der Waals surface area contributed by atoms with Gasteiger partial charge in [-0.15, -0.1) is 10.2 Å². The van der Waals surface area contributed by atoms with Crippen LogP contribution >= 0.6 is 11.8 Å². The van der Waals surface area contributed by atoms with E-state index in [1.54, 1.807) is 31.6 Å². The van der Waals surface area contributed by atoms with Crippen LogP contribution in [0.15, 0.2) is 93.7 Å². The zero-order valence-corrected chi connectivity index (χ0v) is 18.6. The van der Waals surface area contributed by atoms with Crippen molar-refractivity contribution in [2.24, 2.45) is 5.10 Å². The number of hydrazone groups is 1. The highest BCUT2D eigenvalue weighted by Crippen LogP contribution is 2.28. The Balaban J connectivity index is 1.45. The van der Waals surface area contributed by atoms with Crippen LogP contribution in [0, 0.1) is 0 Å². The van der Waals surface area contributed by atoms with Crippen LogP contribution in [0.25, 0.3) is 23.2 Å². The number of carbonyl (C=O) groups excluding carboxylic acids is 1. The van der Waals surface area contributed by atoms with Crippen molar-refractivity contribution < 1.29 is 13.9 Å². The topological polar surface area (TPSA) is 94.5 Å². The van der Waals surface area contributed by atoms with Gasteiger partial charge in [-0.2, -0.15) is 5.10 Å². The fraction of sp³-hybridized carbons (Fsp3) is 0.0833. The lowest BCUT2D eigenvalue weighted by Gasteiger charge is -2.10. The summed E-state index contributed by atoms with van der Waals surface area (Å²) in [5, 5.41) is 13.2. The fourth-order valence-corrected chi connectivity index (χ4v) is 3.68. The Kier molecular flexibility index (Phi) is 7.34. The van der Waals surface area contributed by atoms with E-state index < -0.39 is 0 Å². The third-order valence-electron chi connectivity index (χ3n) is 4.48. The smallest absolute Gasteiger partial charge is 0.250 e. The first-order chi connectivity index (χ1) is 16.2. The molecule has 0 spiro atoms. The maximum atomic E-state index is 12.2. The van der Waals surface area contributed by atoms with Crippen LogP contribution in [0.4, 0.5) is 0 Å². The van der Waals surface area contributed by atoms with Crippen molar-refractivity contribution in [3.8, 4) is 22.8 Å². The zero-order valence-electron chi connectivity index (χ0n) is 17.8. The molecule has 0 aliphatic heterocycles. The Hall–Kier alpha value is -4.11. The largest absolute Gasteiger partial charge is 0.497 e. The summed E-state index contributed by atoms with van der Waals surface area (Å²) in [5.41, 5.74) is 4.29. The molecule has 0 atom stereocenters. The molecular weight excluding hydrogens is 438 g/mol. The number of hydrogen-bond donors (Lipinski definition) is 1. The molecule has 8 nitrogen and oxygen atoms in total. The van der Waals surface area contributed by atoms with E-state index in [4.69, 9.17) is 9.15 Å². The molecule has 0 aliphatic rings. The minimum Gasteiger partial charge on any atom is -0.497 e. The fourth-order valence-electron chi connectivity index (χ4n) is 2.94. The molecule has 0 radical (unpaired) electrons. The van der Waals surface area contributed by atoms with Crippen molar-refractivity contribution >= 4 is 30.0 Å². The number of benzene rings is 2. The summed E-state index contributed by atoms with van der Waals surface area (Å²) in [6, 6.07) is 21.0. The molecule has 0 aliphatic carbocycles. The number of nitrogens with one attached hydrogen (secondary N) is 1. The highest BCUT2D eigenvalue weighted by Gasteiger charge is 2.17. The average Bonchev–Trinajstić information content (AvgIpc) is 3.53. The van der Waals surface area contributed by atoms with Crippen LogP contribution in [0.1, 0.15) is 5.76 Å². The van der Waals surface area contributed by atoms with E-state index in [2.05, 4.69) is 20.7 Å². The third kappa shape index (κ3) is 5.78. The molecule has 4 rings (SSSR count). The van der Waals surface area contributed by atoms with Crippen molar-refractivity contribution in [3.63, 3.8) is 0 Å². The predicted molar refractivity (Wildman–Crippen MR) is 128 cm³/mol. The van der Waals surface area contributed by atoms with Gasteiger partial charge in [0.2, 0.25) is 0 Å². The maximum Gasteiger partial charge on any atom is 0.250 e. The second-order valence-corrected chi connectivity index (χ2v) is 7.62. The van der Waals surface area contributed by atoms with Gasteiger partial charge in [-0.05, 0) is 60.7 Å². The standard InChI is InChI=1S/C24H21N5O3S/c1-31-20-13-11-18(12-14-20)23-27-28-24(29(23)19-7-3-2-4-8-19)33-17-22(30)26-25-15-5-9-21-10-6-16-32-21/h2-16H,17H2,1H3,(H,26,30)/b9-5+,25-15-. The second-order valence-electron chi connectivity index (χ2n) is 6.68. The maximum absolute atomic E-state index is 12.2. The van der Waals surface area contributed by atoms with Crippen LogP contribution < -0.4 is 10.2 Å². The Morgan fingerprint density at radius 2 is 1.94 bits per heavy atom. The van der Waals surface area contributed by atoms with Gasteiger partial charge in [-0.25, -0.2) is 5.43 Å². The highest BCUT2D eigenvalue weighted by atomic mass is 32.2. The summed E-state index contributed by atoms with van der Waals surface area (Å²) in [6.45, 7) is 0. The number of amides is 1. The third-order valence-corrected chi connectivity index (χ3v) is 5.41. The van der Waals surface area contributed by atoms with Crippen molar-refractivity contribution in [1.29, 1.82) is 0 Å². The molecular formula is C24H21N5O3S. The van der Waals surface area contributed by atoms with E-state index >= 15 is 0 Å². The minimum atomic E-state index is -0.253. The van der Waals surface area contributed by atoms with Crippen LogP contribution in [0.3, 0.4) is 0 Å². The number of furan rings is 1. The molecule has 1 N–H and O–H groups in total. The molecule has 0 unspecified atom stereocenters. The first-order valence-corrected chi connectivity index (χ1v) is 11.0. The van der Waals surface area contributed by atoms with E-state index in [0.29, 0.717) is 16.7 Å². The number of methoxy groups -OCH3 is 1. The van der Waals surface area contributed by atoms with E-state index in [9.17, 15) is 4.79 Å². The number of hydrogen-bond acceptors (Lipinski definition) is 7. The number of aromatic nitrogens is 3. The molecule has 2 aromatic carbocycles. The Bertz CT molecular complexity index is 1230. The van der Waals surface area contributed by atoms with E-state index in [1.807, 2.05) is 65.2 Å². The molecule has 4 aromatic rings. The number of para-hydroxylation sites is 1. The lowest BCUT2D eigenvalue weighted by molar-refractivity contribution is -0.118. The summed E-state index contributed by atoms with van der Waals surface area (Å²) < 4.78 is 12.4. The first kappa shape index (κ1) is 22.1. The van der Waals surface area contributed by atoms with E-state index in [1.165, 1.54) is 18.0 Å². The lowest BCUT2D eigenvalue weighted by Crippen LogP contribution is -2.19. The molecule has 0 saturated carbocycles. The molecule has 0 saturated heterocycles. The van der Waals surface area contributed by atoms with E-state index in [0.717, 1.165) is 17.0 Å². The van der Waals surface area contributed by atoms with Gasteiger partial charge in [0, 0.05) is 17.5 Å². The molecule has 166 valence electrons. The number of rotatable bonds is 9. The monoisotopic (exact) mass is 459 g/mol. The highest BCUT2D eigenvalue weighted by molar-refractivity contribution is 7.99. The Morgan fingerprint density at radius 3 is 2.67 bits per heavy atom. The first-order valence-electron chi connectivity index (χ1n) is 10.0. The molecule has 2 aromatic heterocycles. The number of thioether (sulfide) groups is 1. The summed E-state index contributed by atoms with van der Waals surface area (Å²) >= 11 is 1.28. The normalized spacial score (nSPS) is 11.3. The zero-order chi connectivity index (χ0) is 22.9. The van der Waals surface area contributed by atoms with E-state index in [-0.39, 0.29) is 11.7 Å². The Morgan fingerprint density at radius 1 is 1.12 bits per heavy atom. The summed E-state index contributed by atoms with van der Waals surface area (Å²) in [6.07, 6.45) is 6.50. The Labute approximate surface area is 195 Å². The van der Waals surface area contributed by atoms with Gasteiger partial charge in [0.25, 0.3) is 5.91 Å². The second kappa shape index (κ2) is 11.0. The van der Waals surface area contributed by atoms with Crippen LogP contribution in [0.2, 0.25) is 0 Å². The van der Waals surface area contributed by atoms with Crippen LogP contribution in [0.5, 0.6) is 5.75 Å². The van der Waals surface area contributed by atoms with Gasteiger partial charge in [0.1, 0.15) is 11.5 Å². The molecule has 0 fully saturated rings. The number of carbonyl (C=O) groups is 1. The quantitative estimate of drug-likeness (QED) is 0.226. The summed E-state index contributed by atoms with van der Waals surface area (Å²) in [7, 11) is 1.63. The molecule has 9 heteroatoms. The van der Waals surface area contributed by atoms with Gasteiger partial charge < -0.3 is 9.15 Å². The predicted octanol–water partition coefficient (Wildman–Crippen LogP) is 4.44. The number of allylic oxidation sites excluding steroid dienone is 1. The summed E-state index contributed by atoms with van der Waals surface area (Å²) in [5.74, 6) is 2.02. The van der Waals surface area contributed by atoms with Crippen molar-refractivity contribution in [2.45, 2.75) is 5.16 Å². The van der Waals surface area contributed by atoms with Gasteiger partial charge in [-0.3, -0.25) is 9.36 Å². The van der Waals surface area contributed by atoms with Gasteiger partial charge in [0.05, 0.1) is 19.1 Å². The number of nitrogens with zero attached hydrogens (tertiary/aromatic N) is 4. The van der Waals surface area contributed by atoms with Crippen molar-refractivity contribution in [3.05, 3.63) is 84.8 Å². The molecule has 33 heavy (non-hydrogen) atoms. The average molecular weight is 460 g/mol. The minimum absolute atomic E-state index is 0.132. The van der Waals surface area contributed by atoms with Crippen molar-refractivity contribution in [2.75, 3.05) is 12.9 Å². The van der Waals surface area contributed by atoms with Crippen LogP contribution in [-0.4, -0.2) is 39.7 Å².